The maximum Gasteiger partial charge on any atom is 0.166 e. The average molecular weight is 465 g/mol. The van der Waals surface area contributed by atoms with E-state index in [-0.39, 0.29) is 23.5 Å². The number of benzene rings is 2. The van der Waals surface area contributed by atoms with Crippen molar-refractivity contribution >= 4 is 34.0 Å². The zero-order valence-corrected chi connectivity index (χ0v) is 19.5. The van der Waals surface area contributed by atoms with Gasteiger partial charge in [-0.15, -0.1) is 12.4 Å². The molecule has 2 aliphatic rings. The summed E-state index contributed by atoms with van der Waals surface area (Å²) in [6.07, 6.45) is 1.76. The zero-order chi connectivity index (χ0) is 19.4. The summed E-state index contributed by atoms with van der Waals surface area (Å²) in [7, 11) is 0. The van der Waals surface area contributed by atoms with Gasteiger partial charge in [0.05, 0.1) is 17.9 Å². The molecule has 2 aromatic rings. The van der Waals surface area contributed by atoms with Crippen molar-refractivity contribution in [3.8, 4) is 11.5 Å². The van der Waals surface area contributed by atoms with Crippen LogP contribution in [0, 0.1) is 0 Å². The van der Waals surface area contributed by atoms with Crippen molar-refractivity contribution in [3.05, 3.63) is 57.1 Å². The molecule has 2 aromatic carbocycles. The van der Waals surface area contributed by atoms with Crippen molar-refractivity contribution in [1.29, 1.82) is 0 Å². The summed E-state index contributed by atoms with van der Waals surface area (Å²) in [6.45, 7) is 11.3. The van der Waals surface area contributed by atoms with E-state index in [1.54, 1.807) is 0 Å². The molecule has 0 amide bonds. The van der Waals surface area contributed by atoms with Gasteiger partial charge in [-0.2, -0.15) is 0 Å². The normalized spacial score (nSPS) is 18.3. The van der Waals surface area contributed by atoms with Crippen LogP contribution in [0.25, 0.3) is 0 Å². The fraction of sp³-hybridized carbons (Fsp3) is 0.435. The van der Waals surface area contributed by atoms with E-state index in [0.29, 0.717) is 6.61 Å². The third-order valence-electron chi connectivity index (χ3n) is 5.08. The Kier molecular flexibility index (Phi) is 5.59. The number of nitrogens with zero attached hydrogens (tertiary/aromatic N) is 1. The minimum atomic E-state index is -0.237. The lowest BCUT2D eigenvalue weighted by molar-refractivity contribution is 0.132. The van der Waals surface area contributed by atoms with Crippen LogP contribution < -0.4 is 9.47 Å². The third kappa shape index (κ3) is 3.81. The summed E-state index contributed by atoms with van der Waals surface area (Å²) in [5.41, 5.74) is 5.56. The standard InChI is InChI=1S/C23H26BrNO2.ClH/c1-6-26-18-11-15-12-22(2,3)25-20(14-8-7-9-16(24)10-14)19(15)17-13-23(4,5)27-21(17)18;/h7-11H,6,12-13H2,1-5H3;1H. The molecule has 0 aliphatic carbocycles. The summed E-state index contributed by atoms with van der Waals surface area (Å²) in [5, 5.41) is 0. The molecule has 0 aromatic heterocycles. The predicted octanol–water partition coefficient (Wildman–Crippen LogP) is 6.16. The van der Waals surface area contributed by atoms with Gasteiger partial charge in [0.2, 0.25) is 0 Å². The molecule has 0 bridgehead atoms. The summed E-state index contributed by atoms with van der Waals surface area (Å²) in [5.74, 6) is 1.76. The van der Waals surface area contributed by atoms with E-state index in [9.17, 15) is 0 Å². The van der Waals surface area contributed by atoms with Crippen LogP contribution in [0.15, 0.2) is 39.8 Å². The van der Waals surface area contributed by atoms with Gasteiger partial charge >= 0.3 is 0 Å². The van der Waals surface area contributed by atoms with Crippen LogP contribution in [0.4, 0.5) is 0 Å². The highest BCUT2D eigenvalue weighted by Gasteiger charge is 2.39. The van der Waals surface area contributed by atoms with Crippen LogP contribution in [-0.4, -0.2) is 23.5 Å². The van der Waals surface area contributed by atoms with Crippen LogP contribution in [-0.2, 0) is 12.8 Å². The Morgan fingerprint density at radius 1 is 1.14 bits per heavy atom. The smallest absolute Gasteiger partial charge is 0.166 e. The fourth-order valence-corrected chi connectivity index (χ4v) is 4.58. The number of hydrogen-bond acceptors (Lipinski definition) is 3. The maximum atomic E-state index is 6.31. The van der Waals surface area contributed by atoms with Gasteiger partial charge in [-0.3, -0.25) is 4.99 Å². The lowest BCUT2D eigenvalue weighted by atomic mass is 9.81. The second-order valence-electron chi connectivity index (χ2n) is 8.65. The number of ether oxygens (including phenoxy) is 2. The van der Waals surface area contributed by atoms with Crippen LogP contribution in [0.2, 0.25) is 0 Å². The summed E-state index contributed by atoms with van der Waals surface area (Å²) in [4.78, 5) is 5.17. The molecule has 3 nitrogen and oxygen atoms in total. The number of hydrogen-bond donors (Lipinski definition) is 0. The van der Waals surface area contributed by atoms with E-state index < -0.39 is 0 Å². The van der Waals surface area contributed by atoms with Crippen molar-refractivity contribution in [2.45, 2.75) is 58.6 Å². The first-order valence-corrected chi connectivity index (χ1v) is 10.4. The first kappa shape index (κ1) is 21.2. The molecule has 0 unspecified atom stereocenters. The van der Waals surface area contributed by atoms with Crippen molar-refractivity contribution in [3.63, 3.8) is 0 Å². The maximum absolute atomic E-state index is 6.31. The summed E-state index contributed by atoms with van der Waals surface area (Å²) < 4.78 is 13.3. The van der Waals surface area contributed by atoms with Crippen LogP contribution in [0.5, 0.6) is 11.5 Å². The fourth-order valence-electron chi connectivity index (χ4n) is 4.18. The molecule has 4 rings (SSSR count). The molecule has 0 atom stereocenters. The van der Waals surface area contributed by atoms with Crippen LogP contribution in [0.1, 0.15) is 56.9 Å². The number of aliphatic imine (C=N–C) groups is 1. The Labute approximate surface area is 182 Å². The van der Waals surface area contributed by atoms with Gasteiger partial charge in [0, 0.05) is 27.6 Å². The van der Waals surface area contributed by atoms with Crippen molar-refractivity contribution in [1.82, 2.24) is 0 Å². The van der Waals surface area contributed by atoms with Gasteiger partial charge in [0.1, 0.15) is 5.60 Å². The second kappa shape index (κ2) is 7.38. The Morgan fingerprint density at radius 2 is 1.89 bits per heavy atom. The molecule has 0 spiro atoms. The van der Waals surface area contributed by atoms with Crippen LogP contribution >= 0.6 is 28.3 Å². The largest absolute Gasteiger partial charge is 0.490 e. The molecule has 5 heteroatoms. The number of halogens is 2. The first-order valence-electron chi connectivity index (χ1n) is 9.56. The minimum Gasteiger partial charge on any atom is -0.490 e. The third-order valence-corrected chi connectivity index (χ3v) is 5.57. The molecular weight excluding hydrogens is 438 g/mol. The highest BCUT2D eigenvalue weighted by Crippen LogP contribution is 2.48. The Balaban J connectivity index is 0.00000225. The van der Waals surface area contributed by atoms with E-state index in [4.69, 9.17) is 14.5 Å². The lowest BCUT2D eigenvalue weighted by Gasteiger charge is -2.31. The van der Waals surface area contributed by atoms with E-state index in [1.807, 2.05) is 13.0 Å². The average Bonchev–Trinajstić information content (AvgIpc) is 2.89. The van der Waals surface area contributed by atoms with Crippen LogP contribution in [0.3, 0.4) is 0 Å². The zero-order valence-electron chi connectivity index (χ0n) is 17.1. The molecule has 150 valence electrons. The molecule has 0 radical (unpaired) electrons. The molecule has 0 fully saturated rings. The molecular formula is C23H27BrClNO2. The molecule has 2 heterocycles. The summed E-state index contributed by atoms with van der Waals surface area (Å²) >= 11 is 3.61. The quantitative estimate of drug-likeness (QED) is 0.545. The Bertz CT molecular complexity index is 950. The predicted molar refractivity (Wildman–Crippen MR) is 121 cm³/mol. The van der Waals surface area contributed by atoms with Gasteiger partial charge in [0.25, 0.3) is 0 Å². The monoisotopic (exact) mass is 463 g/mol. The topological polar surface area (TPSA) is 30.8 Å². The van der Waals surface area contributed by atoms with Gasteiger partial charge in [-0.05, 0) is 64.8 Å². The molecule has 2 aliphatic heterocycles. The van der Waals surface area contributed by atoms with Gasteiger partial charge in [-0.25, -0.2) is 0 Å². The minimum absolute atomic E-state index is 0. The number of rotatable bonds is 3. The highest BCUT2D eigenvalue weighted by atomic mass is 79.9. The van der Waals surface area contributed by atoms with Crippen molar-refractivity contribution in [2.75, 3.05) is 6.61 Å². The van der Waals surface area contributed by atoms with E-state index >= 15 is 0 Å². The number of fused-ring (bicyclic) bond motifs is 3. The SMILES string of the molecule is CCOc1cc2c(c3c1OC(C)(C)C3)C(c1cccc(Br)c1)=NC(C)(C)C2.Cl. The van der Waals surface area contributed by atoms with E-state index in [2.05, 4.69) is 67.9 Å². The van der Waals surface area contributed by atoms with E-state index in [1.165, 1.54) is 16.7 Å². The van der Waals surface area contributed by atoms with Gasteiger partial charge in [0.15, 0.2) is 11.5 Å². The highest BCUT2D eigenvalue weighted by molar-refractivity contribution is 9.10. The first-order chi connectivity index (χ1) is 12.7. The lowest BCUT2D eigenvalue weighted by Crippen LogP contribution is -2.30. The molecule has 0 saturated heterocycles. The van der Waals surface area contributed by atoms with Crippen molar-refractivity contribution in [2.24, 2.45) is 4.99 Å². The molecule has 0 saturated carbocycles. The Hall–Kier alpha value is -1.52. The molecule has 28 heavy (non-hydrogen) atoms. The van der Waals surface area contributed by atoms with E-state index in [0.717, 1.165) is 40.1 Å². The summed E-state index contributed by atoms with van der Waals surface area (Å²) in [6, 6.07) is 10.6. The van der Waals surface area contributed by atoms with Gasteiger partial charge < -0.3 is 9.47 Å². The molecule has 0 N–H and O–H groups in total. The van der Waals surface area contributed by atoms with Crippen molar-refractivity contribution < 1.29 is 9.47 Å². The second-order valence-corrected chi connectivity index (χ2v) is 9.56. The Morgan fingerprint density at radius 3 is 2.57 bits per heavy atom. The van der Waals surface area contributed by atoms with Gasteiger partial charge in [-0.1, -0.05) is 28.1 Å².